The Balaban J connectivity index is 2.43. The summed E-state index contributed by atoms with van der Waals surface area (Å²) in [6, 6.07) is 0. The fourth-order valence-corrected chi connectivity index (χ4v) is 2.25. The molecule has 1 fully saturated rings. The normalized spacial score (nSPS) is 38.5. The molecule has 1 unspecified atom stereocenters. The van der Waals surface area contributed by atoms with Crippen LogP contribution in [-0.2, 0) is 4.79 Å². The molecule has 0 bridgehead atoms. The van der Waals surface area contributed by atoms with Crippen LogP contribution in [0.1, 0.15) is 39.5 Å². The molecule has 0 saturated heterocycles. The van der Waals surface area contributed by atoms with Gasteiger partial charge in [-0.2, -0.15) is 0 Å². The summed E-state index contributed by atoms with van der Waals surface area (Å²) < 4.78 is 0. The Hall–Kier alpha value is -0.330. The minimum absolute atomic E-state index is 0.365. The Labute approximate surface area is 69.2 Å². The van der Waals surface area contributed by atoms with Gasteiger partial charge in [0.1, 0.15) is 6.29 Å². The summed E-state index contributed by atoms with van der Waals surface area (Å²) in [5, 5.41) is 0. The number of rotatable bonds is 2. The van der Waals surface area contributed by atoms with Crippen LogP contribution in [0.2, 0.25) is 0 Å². The van der Waals surface area contributed by atoms with Crippen LogP contribution in [0.15, 0.2) is 0 Å². The Morgan fingerprint density at radius 3 is 2.64 bits per heavy atom. The Kier molecular flexibility index (Phi) is 3.10. The molecule has 3 atom stereocenters. The van der Waals surface area contributed by atoms with Crippen molar-refractivity contribution in [3.8, 4) is 0 Å². The maximum Gasteiger partial charge on any atom is 0.123 e. The third kappa shape index (κ3) is 2.32. The maximum absolute atomic E-state index is 10.6. The Morgan fingerprint density at radius 1 is 1.36 bits per heavy atom. The van der Waals surface area contributed by atoms with Crippen molar-refractivity contribution in [3.63, 3.8) is 0 Å². The molecule has 64 valence electrons. The smallest absolute Gasteiger partial charge is 0.123 e. The third-order valence-corrected chi connectivity index (χ3v) is 2.85. The highest BCUT2D eigenvalue weighted by molar-refractivity contribution is 5.53. The fraction of sp³-hybridized carbons (Fsp3) is 0.900. The van der Waals surface area contributed by atoms with Crippen LogP contribution in [0, 0.1) is 17.8 Å². The summed E-state index contributed by atoms with van der Waals surface area (Å²) in [7, 11) is 0. The lowest BCUT2D eigenvalue weighted by atomic mass is 9.75. The maximum atomic E-state index is 10.6. The van der Waals surface area contributed by atoms with Crippen molar-refractivity contribution >= 4 is 6.29 Å². The number of carbonyl (C=O) groups is 1. The summed E-state index contributed by atoms with van der Waals surface area (Å²) in [6.07, 6.45) is 6.00. The van der Waals surface area contributed by atoms with Crippen molar-refractivity contribution in [3.05, 3.63) is 0 Å². The molecule has 1 nitrogen and oxygen atoms in total. The van der Waals surface area contributed by atoms with Crippen LogP contribution >= 0.6 is 0 Å². The number of hydrogen-bond donors (Lipinski definition) is 0. The molecule has 0 N–H and O–H groups in total. The van der Waals surface area contributed by atoms with E-state index >= 15 is 0 Å². The van der Waals surface area contributed by atoms with Gasteiger partial charge in [-0.1, -0.05) is 20.3 Å². The molecule has 0 aromatic carbocycles. The first-order valence-corrected chi connectivity index (χ1v) is 4.71. The molecule has 0 aromatic rings. The average Bonchev–Trinajstić information content (AvgIpc) is 2.03. The fourth-order valence-electron chi connectivity index (χ4n) is 2.25. The summed E-state index contributed by atoms with van der Waals surface area (Å²) >= 11 is 0. The zero-order valence-corrected chi connectivity index (χ0v) is 7.55. The summed E-state index contributed by atoms with van der Waals surface area (Å²) in [5.41, 5.74) is 0. The molecule has 0 aromatic heterocycles. The SMILES string of the molecule is CC[C@H]1CC(C=O)C[C@@H](C)C1. The van der Waals surface area contributed by atoms with Gasteiger partial charge in [-0.3, -0.25) is 0 Å². The van der Waals surface area contributed by atoms with Crippen molar-refractivity contribution in [2.45, 2.75) is 39.5 Å². The predicted octanol–water partition coefficient (Wildman–Crippen LogP) is 2.65. The second-order valence-corrected chi connectivity index (χ2v) is 3.98. The van der Waals surface area contributed by atoms with Crippen molar-refractivity contribution < 1.29 is 4.79 Å². The second-order valence-electron chi connectivity index (χ2n) is 3.98. The summed E-state index contributed by atoms with van der Waals surface area (Å²) in [5.74, 6) is 1.95. The number of carbonyl (C=O) groups excluding carboxylic acids is 1. The standard InChI is InChI=1S/C10H18O/c1-3-9-4-8(2)5-10(6-9)7-11/h7-10H,3-6H2,1-2H3/t8-,9+,10?/m0/s1. The molecule has 0 radical (unpaired) electrons. The van der Waals surface area contributed by atoms with Crippen molar-refractivity contribution in [1.29, 1.82) is 0 Å². The lowest BCUT2D eigenvalue weighted by Crippen LogP contribution is -2.21. The number of hydrogen-bond acceptors (Lipinski definition) is 1. The quantitative estimate of drug-likeness (QED) is 0.559. The number of aldehydes is 1. The van der Waals surface area contributed by atoms with Crippen LogP contribution in [0.5, 0.6) is 0 Å². The van der Waals surface area contributed by atoms with Gasteiger partial charge in [0.25, 0.3) is 0 Å². The van der Waals surface area contributed by atoms with Crippen molar-refractivity contribution in [1.82, 2.24) is 0 Å². The molecule has 0 spiro atoms. The molecule has 1 aliphatic rings. The molecule has 0 aliphatic heterocycles. The van der Waals surface area contributed by atoms with E-state index in [1.165, 1.54) is 12.8 Å². The van der Waals surface area contributed by atoms with Crippen molar-refractivity contribution in [2.24, 2.45) is 17.8 Å². The molecular weight excluding hydrogens is 136 g/mol. The van der Waals surface area contributed by atoms with Crippen LogP contribution in [0.3, 0.4) is 0 Å². The first-order valence-electron chi connectivity index (χ1n) is 4.71. The lowest BCUT2D eigenvalue weighted by molar-refractivity contribution is -0.112. The zero-order chi connectivity index (χ0) is 8.27. The minimum Gasteiger partial charge on any atom is -0.303 e. The first-order chi connectivity index (χ1) is 5.26. The van der Waals surface area contributed by atoms with Crippen molar-refractivity contribution in [2.75, 3.05) is 0 Å². The van der Waals surface area contributed by atoms with Gasteiger partial charge in [-0.15, -0.1) is 0 Å². The Morgan fingerprint density at radius 2 is 2.09 bits per heavy atom. The first kappa shape index (κ1) is 8.76. The van der Waals surface area contributed by atoms with Gasteiger partial charge in [0.15, 0.2) is 0 Å². The van der Waals surface area contributed by atoms with Crippen LogP contribution < -0.4 is 0 Å². The molecule has 1 aliphatic carbocycles. The summed E-state index contributed by atoms with van der Waals surface area (Å²) in [6.45, 7) is 4.49. The summed E-state index contributed by atoms with van der Waals surface area (Å²) in [4.78, 5) is 10.6. The van der Waals surface area contributed by atoms with E-state index in [9.17, 15) is 4.79 Å². The van der Waals surface area contributed by atoms with E-state index in [-0.39, 0.29) is 0 Å². The molecule has 0 amide bonds. The van der Waals surface area contributed by atoms with Crippen LogP contribution in [-0.4, -0.2) is 6.29 Å². The lowest BCUT2D eigenvalue weighted by Gasteiger charge is -2.29. The zero-order valence-electron chi connectivity index (χ0n) is 7.55. The highest BCUT2D eigenvalue weighted by Gasteiger charge is 2.24. The minimum atomic E-state index is 0.365. The van der Waals surface area contributed by atoms with Gasteiger partial charge < -0.3 is 4.79 Å². The molecule has 0 heterocycles. The van der Waals surface area contributed by atoms with E-state index in [1.807, 2.05) is 0 Å². The largest absolute Gasteiger partial charge is 0.303 e. The highest BCUT2D eigenvalue weighted by atomic mass is 16.1. The average molecular weight is 154 g/mol. The third-order valence-electron chi connectivity index (χ3n) is 2.85. The van der Waals surface area contributed by atoms with E-state index in [0.29, 0.717) is 5.92 Å². The van der Waals surface area contributed by atoms with Gasteiger partial charge >= 0.3 is 0 Å². The van der Waals surface area contributed by atoms with Crippen LogP contribution in [0.25, 0.3) is 0 Å². The monoisotopic (exact) mass is 154 g/mol. The predicted molar refractivity (Wildman–Crippen MR) is 46.4 cm³/mol. The molecule has 1 rings (SSSR count). The molecule has 11 heavy (non-hydrogen) atoms. The van der Waals surface area contributed by atoms with Gasteiger partial charge in [0, 0.05) is 5.92 Å². The molecule has 1 saturated carbocycles. The van der Waals surface area contributed by atoms with E-state index in [4.69, 9.17) is 0 Å². The van der Waals surface area contributed by atoms with Gasteiger partial charge in [0.05, 0.1) is 0 Å². The topological polar surface area (TPSA) is 17.1 Å². The molecular formula is C10H18O. The van der Waals surface area contributed by atoms with E-state index in [1.54, 1.807) is 0 Å². The second kappa shape index (κ2) is 3.89. The highest BCUT2D eigenvalue weighted by Crippen LogP contribution is 2.33. The Bertz CT molecular complexity index is 131. The van der Waals surface area contributed by atoms with E-state index in [2.05, 4.69) is 13.8 Å². The van der Waals surface area contributed by atoms with Gasteiger partial charge in [-0.25, -0.2) is 0 Å². The van der Waals surface area contributed by atoms with E-state index in [0.717, 1.165) is 31.0 Å². The van der Waals surface area contributed by atoms with Gasteiger partial charge in [0.2, 0.25) is 0 Å². The molecule has 1 heteroatoms. The van der Waals surface area contributed by atoms with E-state index < -0.39 is 0 Å². The van der Waals surface area contributed by atoms with Crippen LogP contribution in [0.4, 0.5) is 0 Å². The van der Waals surface area contributed by atoms with Gasteiger partial charge in [-0.05, 0) is 31.1 Å².